The second-order valence-electron chi connectivity index (χ2n) is 4.13. The summed E-state index contributed by atoms with van der Waals surface area (Å²) >= 11 is 0. The van der Waals surface area contributed by atoms with Crippen molar-refractivity contribution in [3.05, 3.63) is 33.8 Å². The minimum Gasteiger partial charge on any atom is -0.481 e. The van der Waals surface area contributed by atoms with Crippen molar-refractivity contribution >= 4 is 5.97 Å². The number of aliphatic carboxylic acids is 1. The lowest BCUT2D eigenvalue weighted by Crippen LogP contribution is -2.16. The van der Waals surface area contributed by atoms with E-state index in [-0.39, 0.29) is 18.4 Å². The van der Waals surface area contributed by atoms with E-state index in [2.05, 4.69) is 5.10 Å². The van der Waals surface area contributed by atoms with Crippen molar-refractivity contribution in [3.8, 4) is 11.5 Å². The van der Waals surface area contributed by atoms with Gasteiger partial charge in [-0.3, -0.25) is 19.4 Å². The molecular formula is C12H14N2O4. The van der Waals surface area contributed by atoms with Gasteiger partial charge >= 0.3 is 5.97 Å². The van der Waals surface area contributed by atoms with Crippen LogP contribution in [0.1, 0.15) is 17.7 Å². The Morgan fingerprint density at radius 2 is 2.22 bits per heavy atom. The summed E-state index contributed by atoms with van der Waals surface area (Å²) in [6, 6.07) is 3.55. The maximum Gasteiger partial charge on any atom is 0.303 e. The van der Waals surface area contributed by atoms with Crippen LogP contribution in [0, 0.1) is 6.92 Å². The average molecular weight is 250 g/mol. The van der Waals surface area contributed by atoms with Gasteiger partial charge in [-0.25, -0.2) is 0 Å². The van der Waals surface area contributed by atoms with E-state index in [1.165, 1.54) is 4.68 Å². The monoisotopic (exact) mass is 250 g/mol. The number of hydrogen-bond acceptors (Lipinski definition) is 3. The van der Waals surface area contributed by atoms with Crippen LogP contribution < -0.4 is 5.56 Å². The maximum absolute atomic E-state index is 11.9. The smallest absolute Gasteiger partial charge is 0.303 e. The van der Waals surface area contributed by atoms with Gasteiger partial charge in [-0.1, -0.05) is 0 Å². The van der Waals surface area contributed by atoms with Crippen LogP contribution in [-0.2, 0) is 18.3 Å². The Bertz CT molecular complexity index is 633. The third-order valence-corrected chi connectivity index (χ3v) is 2.72. The lowest BCUT2D eigenvalue weighted by atomic mass is 10.1. The third kappa shape index (κ3) is 2.22. The minimum atomic E-state index is -0.931. The van der Waals surface area contributed by atoms with Crippen LogP contribution >= 0.6 is 0 Å². The molecule has 2 heterocycles. The molecule has 0 amide bonds. The predicted molar refractivity (Wildman–Crippen MR) is 64.4 cm³/mol. The van der Waals surface area contributed by atoms with Gasteiger partial charge in [0.25, 0.3) is 5.56 Å². The Kier molecular flexibility index (Phi) is 3.10. The number of aryl methyl sites for hydroxylation is 2. The highest BCUT2D eigenvalue weighted by Gasteiger charge is 2.17. The van der Waals surface area contributed by atoms with E-state index in [9.17, 15) is 9.59 Å². The second kappa shape index (κ2) is 4.56. The Balaban J connectivity index is 2.44. The molecule has 0 radical (unpaired) electrons. The molecule has 2 aromatic rings. The van der Waals surface area contributed by atoms with Crippen molar-refractivity contribution in [2.75, 3.05) is 0 Å². The van der Waals surface area contributed by atoms with E-state index in [4.69, 9.17) is 9.52 Å². The van der Waals surface area contributed by atoms with Crippen LogP contribution in [0.15, 0.2) is 21.3 Å². The summed E-state index contributed by atoms with van der Waals surface area (Å²) < 4.78 is 6.78. The van der Waals surface area contributed by atoms with Gasteiger partial charge < -0.3 is 9.52 Å². The molecule has 2 rings (SSSR count). The second-order valence-corrected chi connectivity index (χ2v) is 4.13. The molecule has 96 valence electrons. The molecular weight excluding hydrogens is 236 g/mol. The quantitative estimate of drug-likeness (QED) is 0.856. The van der Waals surface area contributed by atoms with Crippen molar-refractivity contribution < 1.29 is 14.3 Å². The zero-order chi connectivity index (χ0) is 13.3. The molecule has 6 nitrogen and oxygen atoms in total. The Labute approximate surface area is 103 Å². The highest BCUT2D eigenvalue weighted by molar-refractivity contribution is 5.68. The van der Waals surface area contributed by atoms with E-state index < -0.39 is 5.97 Å². The third-order valence-electron chi connectivity index (χ3n) is 2.72. The Hall–Kier alpha value is -2.24. The van der Waals surface area contributed by atoms with Gasteiger partial charge in [-0.05, 0) is 25.5 Å². The number of H-pyrrole nitrogens is 1. The fourth-order valence-electron chi connectivity index (χ4n) is 1.83. The lowest BCUT2D eigenvalue weighted by Gasteiger charge is -1.97. The zero-order valence-corrected chi connectivity index (χ0v) is 10.2. The molecule has 0 aliphatic heterocycles. The number of rotatable bonds is 4. The number of carbonyl (C=O) groups is 1. The summed E-state index contributed by atoms with van der Waals surface area (Å²) in [5.74, 6) is 0.351. The normalized spacial score (nSPS) is 10.8. The van der Waals surface area contributed by atoms with Gasteiger partial charge in [0.1, 0.15) is 11.5 Å². The minimum absolute atomic E-state index is 0.0835. The van der Waals surface area contributed by atoms with Gasteiger partial charge in [-0.15, -0.1) is 0 Å². The molecule has 0 unspecified atom stereocenters. The molecule has 2 N–H and O–H groups in total. The first-order chi connectivity index (χ1) is 8.49. The Morgan fingerprint density at radius 1 is 1.50 bits per heavy atom. The molecule has 0 aliphatic carbocycles. The summed E-state index contributed by atoms with van der Waals surface area (Å²) in [5.41, 5.74) is 0.770. The van der Waals surface area contributed by atoms with Gasteiger partial charge in [0.2, 0.25) is 0 Å². The van der Waals surface area contributed by atoms with E-state index in [1.807, 2.05) is 6.92 Å². The van der Waals surface area contributed by atoms with Gasteiger partial charge in [0, 0.05) is 19.0 Å². The first-order valence-corrected chi connectivity index (χ1v) is 5.55. The van der Waals surface area contributed by atoms with Crippen LogP contribution in [0.2, 0.25) is 0 Å². The van der Waals surface area contributed by atoms with Gasteiger partial charge in [-0.2, -0.15) is 0 Å². The molecule has 0 spiro atoms. The molecule has 2 aromatic heterocycles. The maximum atomic E-state index is 11.9. The fraction of sp³-hybridized carbons (Fsp3) is 0.333. The number of aromatic nitrogens is 2. The number of hydrogen-bond donors (Lipinski definition) is 2. The molecule has 0 aromatic carbocycles. The van der Waals surface area contributed by atoms with E-state index >= 15 is 0 Å². The number of nitrogens with zero attached hydrogens (tertiary/aromatic N) is 1. The summed E-state index contributed by atoms with van der Waals surface area (Å²) in [5, 5.41) is 11.6. The van der Waals surface area contributed by atoms with Crippen LogP contribution in [0.3, 0.4) is 0 Å². The summed E-state index contributed by atoms with van der Waals surface area (Å²) in [6.45, 7) is 1.81. The number of furan rings is 1. The van der Waals surface area contributed by atoms with Crippen LogP contribution in [0.5, 0.6) is 0 Å². The number of carboxylic acid groups (broad SMARTS) is 1. The van der Waals surface area contributed by atoms with E-state index in [0.717, 1.165) is 5.76 Å². The molecule has 0 atom stereocenters. The fourth-order valence-corrected chi connectivity index (χ4v) is 1.83. The number of carboxylic acids is 1. The lowest BCUT2D eigenvalue weighted by molar-refractivity contribution is -0.136. The summed E-state index contributed by atoms with van der Waals surface area (Å²) in [4.78, 5) is 22.5. The molecule has 0 fully saturated rings. The van der Waals surface area contributed by atoms with Crippen molar-refractivity contribution in [2.45, 2.75) is 19.8 Å². The molecule has 0 aliphatic rings. The standard InChI is InChI=1S/C12H14N2O4/c1-7-3-5-9(18-7)11-8(4-6-10(15)16)12(17)14(2)13-11/h3,5,13H,4,6H2,1-2H3,(H,15,16). The van der Waals surface area contributed by atoms with E-state index in [0.29, 0.717) is 17.0 Å². The highest BCUT2D eigenvalue weighted by Crippen LogP contribution is 2.22. The van der Waals surface area contributed by atoms with Gasteiger partial charge in [0.05, 0.1) is 0 Å². The van der Waals surface area contributed by atoms with Crippen LogP contribution in [0.4, 0.5) is 0 Å². The average Bonchev–Trinajstić information content (AvgIpc) is 2.83. The summed E-state index contributed by atoms with van der Waals surface area (Å²) in [6.07, 6.45) is 0.0976. The molecule has 18 heavy (non-hydrogen) atoms. The Morgan fingerprint density at radius 3 is 2.78 bits per heavy atom. The molecule has 6 heteroatoms. The van der Waals surface area contributed by atoms with E-state index in [1.54, 1.807) is 19.2 Å². The largest absolute Gasteiger partial charge is 0.481 e. The molecule has 0 saturated heterocycles. The van der Waals surface area contributed by atoms with Gasteiger partial charge in [0.15, 0.2) is 5.76 Å². The number of aromatic amines is 1. The van der Waals surface area contributed by atoms with Crippen molar-refractivity contribution in [2.24, 2.45) is 7.05 Å². The van der Waals surface area contributed by atoms with Crippen LogP contribution in [0.25, 0.3) is 11.5 Å². The zero-order valence-electron chi connectivity index (χ0n) is 10.2. The highest BCUT2D eigenvalue weighted by atomic mass is 16.4. The van der Waals surface area contributed by atoms with Crippen LogP contribution in [-0.4, -0.2) is 20.9 Å². The molecule has 0 saturated carbocycles. The first-order valence-electron chi connectivity index (χ1n) is 5.55. The van der Waals surface area contributed by atoms with Crippen molar-refractivity contribution in [3.63, 3.8) is 0 Å². The first kappa shape index (κ1) is 12.2. The SMILES string of the molecule is Cc1ccc(-c2[nH]n(C)c(=O)c2CCC(=O)O)o1. The predicted octanol–water partition coefficient (Wildman–Crippen LogP) is 1.30. The number of nitrogens with one attached hydrogen (secondary N) is 1. The van der Waals surface area contributed by atoms with Crippen molar-refractivity contribution in [1.82, 2.24) is 9.78 Å². The summed E-state index contributed by atoms with van der Waals surface area (Å²) in [7, 11) is 1.59. The topological polar surface area (TPSA) is 88.2 Å². The van der Waals surface area contributed by atoms with Crippen molar-refractivity contribution in [1.29, 1.82) is 0 Å². The molecule has 0 bridgehead atoms.